The number of rotatable bonds is 1. The molecule has 1 fully saturated rings. The molecule has 0 radical (unpaired) electrons. The van der Waals surface area contributed by atoms with Crippen LogP contribution in [0.3, 0.4) is 0 Å². The zero-order chi connectivity index (χ0) is 15.6. The molecule has 122 valence electrons. The highest BCUT2D eigenvalue weighted by Gasteiger charge is 2.31. The van der Waals surface area contributed by atoms with Crippen LogP contribution in [0.5, 0.6) is 0 Å². The fourth-order valence-corrected chi connectivity index (χ4v) is 3.94. The van der Waals surface area contributed by atoms with E-state index in [9.17, 15) is 4.79 Å². The molecule has 2 nitrogen and oxygen atoms in total. The van der Waals surface area contributed by atoms with E-state index in [-0.39, 0.29) is 11.0 Å². The fraction of sp³-hybridized carbons (Fsp3) is 0.947. The molecule has 0 bridgehead atoms. The van der Waals surface area contributed by atoms with Gasteiger partial charge in [0.05, 0.1) is 5.54 Å². The summed E-state index contributed by atoms with van der Waals surface area (Å²) in [7, 11) is 0. The molecule has 0 spiro atoms. The van der Waals surface area contributed by atoms with Gasteiger partial charge in [0.2, 0.25) is 6.08 Å². The maximum Gasteiger partial charge on any atom is 0.235 e. The van der Waals surface area contributed by atoms with Crippen LogP contribution in [-0.4, -0.2) is 11.6 Å². The van der Waals surface area contributed by atoms with Gasteiger partial charge in [0.15, 0.2) is 0 Å². The Morgan fingerprint density at radius 1 is 0.714 bits per heavy atom. The molecule has 0 aromatic carbocycles. The lowest BCUT2D eigenvalue weighted by Crippen LogP contribution is -2.30. The predicted octanol–water partition coefficient (Wildman–Crippen LogP) is 6.19. The molecule has 1 saturated carbocycles. The first-order valence-electron chi connectivity index (χ1n) is 9.07. The van der Waals surface area contributed by atoms with Crippen LogP contribution in [0.15, 0.2) is 4.99 Å². The van der Waals surface area contributed by atoms with Crippen molar-refractivity contribution < 1.29 is 4.79 Å². The van der Waals surface area contributed by atoms with E-state index >= 15 is 0 Å². The monoisotopic (exact) mass is 293 g/mol. The topological polar surface area (TPSA) is 29.4 Å². The molecule has 1 atom stereocenters. The molecule has 2 heteroatoms. The quantitative estimate of drug-likeness (QED) is 0.418. The Hall–Kier alpha value is -0.620. The lowest BCUT2D eigenvalue weighted by atomic mass is 9.74. The van der Waals surface area contributed by atoms with Crippen LogP contribution in [-0.2, 0) is 4.79 Å². The summed E-state index contributed by atoms with van der Waals surface area (Å²) in [5, 5.41) is 0. The van der Waals surface area contributed by atoms with E-state index in [0.717, 1.165) is 12.8 Å². The van der Waals surface area contributed by atoms with Gasteiger partial charge in [-0.1, -0.05) is 78.1 Å². The Morgan fingerprint density at radius 3 is 1.62 bits per heavy atom. The molecule has 1 aliphatic rings. The minimum Gasteiger partial charge on any atom is -0.211 e. The van der Waals surface area contributed by atoms with Gasteiger partial charge in [0, 0.05) is 0 Å². The Kier molecular flexibility index (Phi) is 8.26. The highest BCUT2D eigenvalue weighted by atomic mass is 16.1. The molecule has 0 heterocycles. The van der Waals surface area contributed by atoms with Crippen LogP contribution in [0.25, 0.3) is 0 Å². The molecule has 21 heavy (non-hydrogen) atoms. The van der Waals surface area contributed by atoms with Gasteiger partial charge < -0.3 is 0 Å². The maximum absolute atomic E-state index is 10.8. The predicted molar refractivity (Wildman–Crippen MR) is 90.3 cm³/mol. The van der Waals surface area contributed by atoms with E-state index in [0.29, 0.717) is 0 Å². The second-order valence-corrected chi connectivity index (χ2v) is 8.08. The molecule has 1 aliphatic carbocycles. The van der Waals surface area contributed by atoms with Gasteiger partial charge >= 0.3 is 0 Å². The van der Waals surface area contributed by atoms with Gasteiger partial charge in [-0.2, -0.15) is 4.99 Å². The molecular weight excluding hydrogens is 258 g/mol. The first-order valence-corrected chi connectivity index (χ1v) is 9.07. The summed E-state index contributed by atoms with van der Waals surface area (Å²) in [4.78, 5) is 15.0. The van der Waals surface area contributed by atoms with Crippen molar-refractivity contribution in [2.45, 2.75) is 110 Å². The summed E-state index contributed by atoms with van der Waals surface area (Å²) in [6, 6.07) is 0. The molecule has 0 N–H and O–H groups in total. The molecule has 0 aromatic rings. The number of nitrogens with zero attached hydrogens (tertiary/aromatic N) is 1. The third kappa shape index (κ3) is 8.41. The van der Waals surface area contributed by atoms with Crippen molar-refractivity contribution in [2.24, 2.45) is 10.4 Å². The van der Waals surface area contributed by atoms with Crippen LogP contribution in [0.1, 0.15) is 104 Å². The van der Waals surface area contributed by atoms with Gasteiger partial charge in [-0.25, -0.2) is 4.79 Å². The Labute approximate surface area is 131 Å². The van der Waals surface area contributed by atoms with E-state index in [1.807, 2.05) is 6.08 Å². The average molecular weight is 293 g/mol. The summed E-state index contributed by atoms with van der Waals surface area (Å²) >= 11 is 0. The maximum atomic E-state index is 10.8. The van der Waals surface area contributed by atoms with Crippen LogP contribution in [0, 0.1) is 5.41 Å². The highest BCUT2D eigenvalue weighted by Crippen LogP contribution is 2.37. The van der Waals surface area contributed by atoms with Gasteiger partial charge in [-0.05, 0) is 31.6 Å². The normalized spacial score (nSPS) is 29.7. The van der Waals surface area contributed by atoms with Crippen LogP contribution >= 0.6 is 0 Å². The molecule has 0 amide bonds. The summed E-state index contributed by atoms with van der Waals surface area (Å²) in [5.74, 6) is 0. The Morgan fingerprint density at radius 2 is 1.14 bits per heavy atom. The third-order valence-corrected chi connectivity index (χ3v) is 4.99. The number of hydrogen-bond acceptors (Lipinski definition) is 2. The standard InChI is InChI=1S/C19H35NO/c1-18(2)14-12-10-8-6-4-5-7-9-11-13-15-19(3,16-18)20-17-21/h4-16H2,1-3H3. The van der Waals surface area contributed by atoms with E-state index in [2.05, 4.69) is 25.8 Å². The van der Waals surface area contributed by atoms with Crippen LogP contribution < -0.4 is 0 Å². The van der Waals surface area contributed by atoms with E-state index in [1.54, 1.807) is 0 Å². The van der Waals surface area contributed by atoms with Crippen molar-refractivity contribution in [1.82, 2.24) is 0 Å². The van der Waals surface area contributed by atoms with Crippen molar-refractivity contribution >= 4 is 6.08 Å². The number of isocyanates is 1. The smallest absolute Gasteiger partial charge is 0.211 e. The summed E-state index contributed by atoms with van der Waals surface area (Å²) < 4.78 is 0. The average Bonchev–Trinajstić information content (AvgIpc) is 2.39. The van der Waals surface area contributed by atoms with Crippen LogP contribution in [0.2, 0.25) is 0 Å². The number of aliphatic imine (C=N–C) groups is 1. The van der Waals surface area contributed by atoms with Gasteiger partial charge in [0.25, 0.3) is 0 Å². The largest absolute Gasteiger partial charge is 0.235 e. The first kappa shape index (κ1) is 18.4. The Balaban J connectivity index is 2.64. The minimum absolute atomic E-state index is 0.203. The summed E-state index contributed by atoms with van der Waals surface area (Å²) in [6.45, 7) is 6.82. The first-order chi connectivity index (χ1) is 9.97. The zero-order valence-corrected chi connectivity index (χ0v) is 14.5. The van der Waals surface area contributed by atoms with Crippen molar-refractivity contribution in [2.75, 3.05) is 0 Å². The van der Waals surface area contributed by atoms with Crippen molar-refractivity contribution in [3.63, 3.8) is 0 Å². The van der Waals surface area contributed by atoms with E-state index in [1.165, 1.54) is 70.6 Å². The van der Waals surface area contributed by atoms with E-state index < -0.39 is 0 Å². The lowest BCUT2D eigenvalue weighted by Gasteiger charge is -2.34. The lowest BCUT2D eigenvalue weighted by molar-refractivity contribution is 0.213. The van der Waals surface area contributed by atoms with Gasteiger partial charge in [0.1, 0.15) is 0 Å². The van der Waals surface area contributed by atoms with Crippen molar-refractivity contribution in [1.29, 1.82) is 0 Å². The van der Waals surface area contributed by atoms with Gasteiger partial charge in [-0.3, -0.25) is 0 Å². The Bertz CT molecular complexity index is 330. The molecule has 1 rings (SSSR count). The van der Waals surface area contributed by atoms with Gasteiger partial charge in [-0.15, -0.1) is 0 Å². The second-order valence-electron chi connectivity index (χ2n) is 8.08. The van der Waals surface area contributed by atoms with Crippen molar-refractivity contribution in [3.8, 4) is 0 Å². The molecule has 0 aliphatic heterocycles. The van der Waals surface area contributed by atoms with Crippen molar-refractivity contribution in [3.05, 3.63) is 0 Å². The SMILES string of the molecule is CC1(C)CCCCCCCCCCCCC(C)(N=C=O)C1. The number of carbonyl (C=O) groups excluding carboxylic acids is 1. The third-order valence-electron chi connectivity index (χ3n) is 4.99. The number of hydrogen-bond donors (Lipinski definition) is 0. The molecular formula is C19H35NO. The van der Waals surface area contributed by atoms with Crippen LogP contribution in [0.4, 0.5) is 0 Å². The molecule has 0 aromatic heterocycles. The summed E-state index contributed by atoms with van der Waals surface area (Å²) in [6.07, 6.45) is 18.6. The molecule has 1 unspecified atom stereocenters. The fourth-order valence-electron chi connectivity index (χ4n) is 3.94. The minimum atomic E-state index is -0.203. The highest BCUT2D eigenvalue weighted by molar-refractivity contribution is 5.34. The second kappa shape index (κ2) is 9.41. The van der Waals surface area contributed by atoms with E-state index in [4.69, 9.17) is 0 Å². The summed E-state index contributed by atoms with van der Waals surface area (Å²) in [5.41, 5.74) is 0.0701. The zero-order valence-electron chi connectivity index (χ0n) is 14.5. The molecule has 0 saturated heterocycles.